The number of piperidine rings is 2. The Kier molecular flexibility index (Phi) is 9.26. The molecule has 236 valence electrons. The standard InChI is InChI=1S/C32H41F3N8O/c33-32(34,35)29-17-26(2-1-25(29)18-36)41-11-7-24(8-12-41)31(44)39-30-4-3-27(21-38-30)42-9-5-23(6-10-42)22-40-13-15-43(16-14-40)28-19-37-20-28/h1-4,17,21,23-24,28,37H,5-16,19-20,22H2,(H,38,39,44). The second-order valence-electron chi connectivity index (χ2n) is 12.6. The van der Waals surface area contributed by atoms with E-state index >= 15 is 0 Å². The molecule has 5 heterocycles. The van der Waals surface area contributed by atoms with Gasteiger partial charge in [-0.05, 0) is 61.9 Å². The number of hydrogen-bond donors (Lipinski definition) is 2. The predicted octanol–water partition coefficient (Wildman–Crippen LogP) is 3.63. The maximum absolute atomic E-state index is 13.4. The fourth-order valence-corrected chi connectivity index (χ4v) is 6.92. The van der Waals surface area contributed by atoms with Crippen LogP contribution in [-0.4, -0.2) is 98.7 Å². The van der Waals surface area contributed by atoms with E-state index in [2.05, 4.69) is 30.3 Å². The van der Waals surface area contributed by atoms with Crippen molar-refractivity contribution in [1.29, 1.82) is 5.26 Å². The van der Waals surface area contributed by atoms with Gasteiger partial charge in [0.2, 0.25) is 5.91 Å². The van der Waals surface area contributed by atoms with E-state index in [0.717, 1.165) is 49.9 Å². The molecule has 4 aliphatic rings. The molecule has 0 unspecified atom stereocenters. The Morgan fingerprint density at radius 3 is 2.18 bits per heavy atom. The van der Waals surface area contributed by atoms with Crippen LogP contribution in [0.2, 0.25) is 0 Å². The quantitative estimate of drug-likeness (QED) is 0.492. The van der Waals surface area contributed by atoms with Crippen LogP contribution in [0, 0.1) is 23.2 Å². The first-order valence-corrected chi connectivity index (χ1v) is 15.8. The molecule has 1 aromatic carbocycles. The van der Waals surface area contributed by atoms with Crippen molar-refractivity contribution in [1.82, 2.24) is 20.1 Å². The summed E-state index contributed by atoms with van der Waals surface area (Å²) >= 11 is 0. The third-order valence-electron chi connectivity index (χ3n) is 9.84. The summed E-state index contributed by atoms with van der Waals surface area (Å²) in [6.45, 7) is 11.1. The molecule has 6 rings (SSSR count). The number of nitrogens with one attached hydrogen (secondary N) is 2. The van der Waals surface area contributed by atoms with Crippen molar-refractivity contribution in [2.45, 2.75) is 37.9 Å². The van der Waals surface area contributed by atoms with Gasteiger partial charge >= 0.3 is 6.18 Å². The number of piperazine rings is 1. The van der Waals surface area contributed by atoms with Gasteiger partial charge in [0.1, 0.15) is 5.82 Å². The first-order valence-electron chi connectivity index (χ1n) is 15.8. The molecule has 2 aromatic rings. The minimum atomic E-state index is -4.60. The van der Waals surface area contributed by atoms with Crippen molar-refractivity contribution in [3.63, 3.8) is 0 Å². The Balaban J connectivity index is 0.930. The minimum Gasteiger partial charge on any atom is -0.371 e. The van der Waals surface area contributed by atoms with Gasteiger partial charge in [0.25, 0.3) is 0 Å². The van der Waals surface area contributed by atoms with Crippen LogP contribution < -0.4 is 20.4 Å². The lowest BCUT2D eigenvalue weighted by Crippen LogP contribution is -2.61. The molecule has 1 amide bonds. The van der Waals surface area contributed by atoms with E-state index in [4.69, 9.17) is 5.26 Å². The van der Waals surface area contributed by atoms with Crippen LogP contribution in [0.4, 0.5) is 30.4 Å². The molecule has 0 aliphatic carbocycles. The van der Waals surface area contributed by atoms with Gasteiger partial charge in [0, 0.05) is 89.6 Å². The zero-order valence-electron chi connectivity index (χ0n) is 25.0. The molecule has 0 saturated carbocycles. The van der Waals surface area contributed by atoms with Crippen molar-refractivity contribution in [2.75, 3.05) is 87.1 Å². The summed E-state index contributed by atoms with van der Waals surface area (Å²) in [5.41, 5.74) is 0.164. The van der Waals surface area contributed by atoms with E-state index in [1.807, 2.05) is 23.2 Å². The molecule has 4 aliphatic heterocycles. The minimum absolute atomic E-state index is 0.119. The highest BCUT2D eigenvalue weighted by Crippen LogP contribution is 2.35. The Bertz CT molecular complexity index is 1320. The first-order chi connectivity index (χ1) is 21.3. The first kappa shape index (κ1) is 30.6. The molecular weight excluding hydrogens is 569 g/mol. The number of nitrogens with zero attached hydrogens (tertiary/aromatic N) is 6. The topological polar surface area (TPSA) is 90.8 Å². The average Bonchev–Trinajstić information content (AvgIpc) is 3.01. The zero-order valence-corrected chi connectivity index (χ0v) is 25.0. The molecule has 1 aromatic heterocycles. The molecule has 9 nitrogen and oxygen atoms in total. The number of nitriles is 1. The van der Waals surface area contributed by atoms with Crippen LogP contribution in [0.25, 0.3) is 0 Å². The molecule has 44 heavy (non-hydrogen) atoms. The normalized spacial score (nSPS) is 21.6. The van der Waals surface area contributed by atoms with Crippen LogP contribution in [0.3, 0.4) is 0 Å². The van der Waals surface area contributed by atoms with Crippen LogP contribution in [-0.2, 0) is 11.0 Å². The lowest BCUT2D eigenvalue weighted by Gasteiger charge is -2.44. The number of carbonyl (C=O) groups is 1. The van der Waals surface area contributed by atoms with E-state index in [1.54, 1.807) is 6.07 Å². The van der Waals surface area contributed by atoms with Gasteiger partial charge in [0.05, 0.1) is 29.1 Å². The fraction of sp³-hybridized carbons (Fsp3) is 0.594. The number of aromatic nitrogens is 1. The molecule has 0 spiro atoms. The summed E-state index contributed by atoms with van der Waals surface area (Å²) in [7, 11) is 0. The molecule has 12 heteroatoms. The molecule has 0 bridgehead atoms. The molecule has 4 fully saturated rings. The maximum atomic E-state index is 13.4. The molecule has 0 radical (unpaired) electrons. The lowest BCUT2D eigenvalue weighted by atomic mass is 9.95. The predicted molar refractivity (Wildman–Crippen MR) is 164 cm³/mol. The third-order valence-corrected chi connectivity index (χ3v) is 9.84. The maximum Gasteiger partial charge on any atom is 0.417 e. The molecule has 4 saturated heterocycles. The number of pyridine rings is 1. The highest BCUT2D eigenvalue weighted by molar-refractivity contribution is 5.92. The van der Waals surface area contributed by atoms with Crippen molar-refractivity contribution in [3.8, 4) is 6.07 Å². The number of alkyl halides is 3. The number of rotatable bonds is 7. The van der Waals surface area contributed by atoms with Gasteiger partial charge in [-0.15, -0.1) is 0 Å². The van der Waals surface area contributed by atoms with E-state index in [-0.39, 0.29) is 17.4 Å². The summed E-state index contributed by atoms with van der Waals surface area (Å²) < 4.78 is 40.2. The van der Waals surface area contributed by atoms with Crippen molar-refractivity contribution >= 4 is 23.1 Å². The number of amides is 1. The van der Waals surface area contributed by atoms with E-state index in [9.17, 15) is 18.0 Å². The van der Waals surface area contributed by atoms with Gasteiger partial charge in [-0.2, -0.15) is 18.4 Å². The second kappa shape index (κ2) is 13.3. The van der Waals surface area contributed by atoms with E-state index in [0.29, 0.717) is 37.4 Å². The van der Waals surface area contributed by atoms with Gasteiger partial charge in [-0.25, -0.2) is 4.98 Å². The van der Waals surface area contributed by atoms with Gasteiger partial charge in [-0.3, -0.25) is 9.69 Å². The summed E-state index contributed by atoms with van der Waals surface area (Å²) in [5.74, 6) is 0.872. The highest BCUT2D eigenvalue weighted by atomic mass is 19.4. The largest absolute Gasteiger partial charge is 0.417 e. The summed E-state index contributed by atoms with van der Waals surface area (Å²) in [6.07, 6.45) is 0.618. The van der Waals surface area contributed by atoms with E-state index < -0.39 is 11.7 Å². The number of anilines is 3. The third kappa shape index (κ3) is 7.11. The SMILES string of the molecule is N#Cc1ccc(N2CCC(C(=O)Nc3ccc(N4CCC(CN5CCN(C6CNC6)CC5)CC4)cn3)CC2)cc1C(F)(F)F. The van der Waals surface area contributed by atoms with Gasteiger partial charge in [0.15, 0.2) is 0 Å². The summed E-state index contributed by atoms with van der Waals surface area (Å²) in [4.78, 5) is 27.0. The van der Waals surface area contributed by atoms with Gasteiger partial charge in [-0.1, -0.05) is 0 Å². The Morgan fingerprint density at radius 1 is 0.932 bits per heavy atom. The summed E-state index contributed by atoms with van der Waals surface area (Å²) in [6, 6.07) is 10.0. The second-order valence-corrected chi connectivity index (χ2v) is 12.6. The Hall–Kier alpha value is -3.40. The number of benzene rings is 1. The lowest BCUT2D eigenvalue weighted by molar-refractivity contribution is -0.137. The number of carbonyl (C=O) groups excluding carboxylic acids is 1. The number of hydrogen-bond acceptors (Lipinski definition) is 8. The van der Waals surface area contributed by atoms with Crippen molar-refractivity contribution in [2.24, 2.45) is 11.8 Å². The van der Waals surface area contributed by atoms with Crippen molar-refractivity contribution < 1.29 is 18.0 Å². The van der Waals surface area contributed by atoms with E-state index in [1.165, 1.54) is 57.7 Å². The summed E-state index contributed by atoms with van der Waals surface area (Å²) in [5, 5.41) is 15.3. The molecule has 2 N–H and O–H groups in total. The van der Waals surface area contributed by atoms with Crippen LogP contribution >= 0.6 is 0 Å². The van der Waals surface area contributed by atoms with Crippen molar-refractivity contribution in [3.05, 3.63) is 47.7 Å². The van der Waals surface area contributed by atoms with Crippen LogP contribution in [0.5, 0.6) is 0 Å². The monoisotopic (exact) mass is 610 g/mol. The number of halogens is 3. The molecule has 0 atom stereocenters. The highest BCUT2D eigenvalue weighted by Gasteiger charge is 2.35. The average molecular weight is 611 g/mol. The molecular formula is C32H41F3N8O. The van der Waals surface area contributed by atoms with Crippen LogP contribution in [0.15, 0.2) is 36.5 Å². The smallest absolute Gasteiger partial charge is 0.371 e. The Morgan fingerprint density at radius 2 is 1.59 bits per heavy atom. The Labute approximate surface area is 257 Å². The van der Waals surface area contributed by atoms with Crippen LogP contribution in [0.1, 0.15) is 36.8 Å². The van der Waals surface area contributed by atoms with Gasteiger partial charge < -0.3 is 25.3 Å². The zero-order chi connectivity index (χ0) is 30.7. The fourth-order valence-electron chi connectivity index (χ4n) is 6.92.